The van der Waals surface area contributed by atoms with Crippen molar-refractivity contribution in [2.24, 2.45) is 5.41 Å². The average molecular weight is 302 g/mol. The van der Waals surface area contributed by atoms with E-state index in [1.807, 2.05) is 13.8 Å². The molecule has 0 aromatic rings. The number of carboxylic acid groups (broad SMARTS) is 1. The summed E-state index contributed by atoms with van der Waals surface area (Å²) >= 11 is 0. The number of carbonyl (C=O) groups excluding carboxylic acids is 2. The Bertz CT molecular complexity index is 368. The van der Waals surface area contributed by atoms with Crippen LogP contribution in [0.1, 0.15) is 39.5 Å². The second kappa shape index (κ2) is 9.20. The smallest absolute Gasteiger partial charge is 0.317 e. The van der Waals surface area contributed by atoms with Crippen molar-refractivity contribution < 1.29 is 24.2 Å². The summed E-state index contributed by atoms with van der Waals surface area (Å²) in [5.41, 5.74) is -0.143. The van der Waals surface area contributed by atoms with Gasteiger partial charge in [-0.15, -0.1) is 0 Å². The largest absolute Gasteiger partial charge is 0.481 e. The topological polar surface area (TPSA) is 95.9 Å². The molecule has 0 aliphatic carbocycles. The van der Waals surface area contributed by atoms with E-state index in [1.165, 1.54) is 12.0 Å². The second-order valence-corrected chi connectivity index (χ2v) is 5.79. The van der Waals surface area contributed by atoms with Gasteiger partial charge in [0.05, 0.1) is 13.5 Å². The highest BCUT2D eigenvalue weighted by Gasteiger charge is 2.19. The number of nitrogens with zero attached hydrogens (tertiary/aromatic N) is 1. The average Bonchev–Trinajstić information content (AvgIpc) is 2.41. The Morgan fingerprint density at radius 3 is 2.33 bits per heavy atom. The van der Waals surface area contributed by atoms with Crippen LogP contribution >= 0.6 is 0 Å². The summed E-state index contributed by atoms with van der Waals surface area (Å²) in [5.74, 6) is -1.17. The number of rotatable bonds is 9. The van der Waals surface area contributed by atoms with Crippen molar-refractivity contribution in [3.05, 3.63) is 0 Å². The summed E-state index contributed by atoms with van der Waals surface area (Å²) in [6, 6.07) is -0.257. The molecular weight excluding hydrogens is 276 g/mol. The van der Waals surface area contributed by atoms with Gasteiger partial charge in [0.2, 0.25) is 0 Å². The summed E-state index contributed by atoms with van der Waals surface area (Å²) in [4.78, 5) is 34.7. The molecule has 0 aromatic heterocycles. The fraction of sp³-hybridized carbons (Fsp3) is 0.786. The lowest BCUT2D eigenvalue weighted by Gasteiger charge is -2.25. The number of carboxylic acids is 1. The Labute approximate surface area is 125 Å². The van der Waals surface area contributed by atoms with E-state index >= 15 is 0 Å². The van der Waals surface area contributed by atoms with Crippen LogP contribution in [0.3, 0.4) is 0 Å². The van der Waals surface area contributed by atoms with E-state index in [0.717, 1.165) is 0 Å². The third-order valence-electron chi connectivity index (χ3n) is 3.32. The van der Waals surface area contributed by atoms with Gasteiger partial charge in [-0.25, -0.2) is 4.79 Å². The molecule has 2 N–H and O–H groups in total. The first-order chi connectivity index (χ1) is 9.68. The zero-order chi connectivity index (χ0) is 16.5. The van der Waals surface area contributed by atoms with Crippen molar-refractivity contribution in [3.63, 3.8) is 0 Å². The fourth-order valence-electron chi connectivity index (χ4n) is 1.68. The lowest BCUT2D eigenvalue weighted by atomic mass is 9.84. The number of amides is 2. The number of urea groups is 1. The maximum Gasteiger partial charge on any atom is 0.317 e. The highest BCUT2D eigenvalue weighted by atomic mass is 16.5. The van der Waals surface area contributed by atoms with Crippen LogP contribution in [0.5, 0.6) is 0 Å². The van der Waals surface area contributed by atoms with Crippen molar-refractivity contribution in [3.8, 4) is 0 Å². The maximum atomic E-state index is 11.8. The number of carbonyl (C=O) groups is 3. The van der Waals surface area contributed by atoms with Gasteiger partial charge in [0, 0.05) is 26.6 Å². The number of ether oxygens (including phenoxy) is 1. The lowest BCUT2D eigenvalue weighted by molar-refractivity contribution is -0.141. The van der Waals surface area contributed by atoms with Crippen LogP contribution in [0, 0.1) is 5.41 Å². The number of esters is 1. The summed E-state index contributed by atoms with van der Waals surface area (Å²) in [5, 5.41) is 11.4. The molecule has 0 aromatic carbocycles. The highest BCUT2D eigenvalue weighted by molar-refractivity contribution is 5.75. The Hall–Kier alpha value is -1.79. The quantitative estimate of drug-likeness (QED) is 0.629. The van der Waals surface area contributed by atoms with Crippen LogP contribution in [0.2, 0.25) is 0 Å². The van der Waals surface area contributed by atoms with Gasteiger partial charge in [-0.05, 0) is 18.3 Å². The SMILES string of the molecule is COC(=O)CCN(C)C(=O)NCCC(C)(C)CCC(=O)O. The van der Waals surface area contributed by atoms with E-state index in [-0.39, 0.29) is 30.3 Å². The van der Waals surface area contributed by atoms with E-state index in [0.29, 0.717) is 25.9 Å². The standard InChI is InChI=1S/C14H26N2O5/c1-14(2,7-5-11(17)18)8-9-15-13(20)16(3)10-6-12(19)21-4/h5-10H2,1-4H3,(H,15,20)(H,17,18). The molecule has 7 nitrogen and oxygen atoms in total. The van der Waals surface area contributed by atoms with E-state index < -0.39 is 5.97 Å². The van der Waals surface area contributed by atoms with Crippen LogP contribution in [0.25, 0.3) is 0 Å². The van der Waals surface area contributed by atoms with Gasteiger partial charge in [-0.2, -0.15) is 0 Å². The molecule has 0 saturated heterocycles. The van der Waals surface area contributed by atoms with E-state index in [2.05, 4.69) is 10.1 Å². The van der Waals surface area contributed by atoms with Gasteiger partial charge in [-0.3, -0.25) is 9.59 Å². The first kappa shape index (κ1) is 19.2. The molecule has 0 rings (SSSR count). The number of aliphatic carboxylic acids is 1. The minimum absolute atomic E-state index is 0.125. The normalized spacial score (nSPS) is 10.9. The molecule has 0 aliphatic rings. The number of nitrogens with one attached hydrogen (secondary N) is 1. The predicted octanol–water partition coefficient (Wildman–Crippen LogP) is 1.47. The van der Waals surface area contributed by atoms with Gasteiger partial charge in [0.25, 0.3) is 0 Å². The molecule has 0 radical (unpaired) electrons. The fourth-order valence-corrected chi connectivity index (χ4v) is 1.68. The minimum atomic E-state index is -0.811. The first-order valence-electron chi connectivity index (χ1n) is 6.95. The lowest BCUT2D eigenvalue weighted by Crippen LogP contribution is -2.39. The van der Waals surface area contributed by atoms with Crippen LogP contribution in [0.4, 0.5) is 4.79 Å². The zero-order valence-corrected chi connectivity index (χ0v) is 13.3. The van der Waals surface area contributed by atoms with E-state index in [9.17, 15) is 14.4 Å². The van der Waals surface area contributed by atoms with Gasteiger partial charge < -0.3 is 20.1 Å². The number of hydrogen-bond donors (Lipinski definition) is 2. The van der Waals surface area contributed by atoms with E-state index in [1.54, 1.807) is 7.05 Å². The van der Waals surface area contributed by atoms with Crippen molar-refractivity contribution in [2.45, 2.75) is 39.5 Å². The summed E-state index contributed by atoms with van der Waals surface area (Å²) < 4.78 is 4.51. The molecule has 7 heteroatoms. The van der Waals surface area contributed by atoms with Crippen LogP contribution < -0.4 is 5.32 Å². The monoisotopic (exact) mass is 302 g/mol. The molecule has 0 atom stereocenters. The molecule has 0 aliphatic heterocycles. The van der Waals surface area contributed by atoms with Crippen LogP contribution in [-0.2, 0) is 14.3 Å². The molecule has 0 spiro atoms. The Balaban J connectivity index is 3.96. The third-order valence-corrected chi connectivity index (χ3v) is 3.32. The molecule has 0 saturated carbocycles. The second-order valence-electron chi connectivity index (χ2n) is 5.79. The Kier molecular flexibility index (Phi) is 8.42. The van der Waals surface area contributed by atoms with Crippen LogP contribution in [-0.4, -0.2) is 55.2 Å². The third kappa shape index (κ3) is 9.70. The molecule has 0 fully saturated rings. The van der Waals surface area contributed by atoms with Crippen molar-refractivity contribution >= 4 is 18.0 Å². The molecule has 0 bridgehead atoms. The van der Waals surface area contributed by atoms with Gasteiger partial charge >= 0.3 is 18.0 Å². The van der Waals surface area contributed by atoms with Gasteiger partial charge in [-0.1, -0.05) is 13.8 Å². The zero-order valence-electron chi connectivity index (χ0n) is 13.3. The summed E-state index contributed by atoms with van der Waals surface area (Å²) in [7, 11) is 2.91. The number of hydrogen-bond acceptors (Lipinski definition) is 4. The first-order valence-corrected chi connectivity index (χ1v) is 6.95. The Morgan fingerprint density at radius 1 is 1.19 bits per heavy atom. The van der Waals surface area contributed by atoms with Gasteiger partial charge in [0.15, 0.2) is 0 Å². The highest BCUT2D eigenvalue weighted by Crippen LogP contribution is 2.25. The minimum Gasteiger partial charge on any atom is -0.481 e. The Morgan fingerprint density at radius 2 is 1.81 bits per heavy atom. The summed E-state index contributed by atoms with van der Waals surface area (Å²) in [6.45, 7) is 4.71. The molecule has 0 heterocycles. The molecule has 2 amide bonds. The summed E-state index contributed by atoms with van der Waals surface area (Å²) in [6.07, 6.45) is 1.54. The molecular formula is C14H26N2O5. The van der Waals surface area contributed by atoms with Crippen molar-refractivity contribution in [1.82, 2.24) is 10.2 Å². The van der Waals surface area contributed by atoms with Gasteiger partial charge in [0.1, 0.15) is 0 Å². The van der Waals surface area contributed by atoms with E-state index in [4.69, 9.17) is 5.11 Å². The molecule has 0 unspecified atom stereocenters. The molecule has 21 heavy (non-hydrogen) atoms. The van der Waals surface area contributed by atoms with Crippen molar-refractivity contribution in [1.29, 1.82) is 0 Å². The number of methoxy groups -OCH3 is 1. The predicted molar refractivity (Wildman–Crippen MR) is 77.9 cm³/mol. The molecule has 122 valence electrons. The van der Waals surface area contributed by atoms with Crippen molar-refractivity contribution in [2.75, 3.05) is 27.2 Å². The maximum absolute atomic E-state index is 11.8. The van der Waals surface area contributed by atoms with Crippen LogP contribution in [0.15, 0.2) is 0 Å².